The van der Waals surface area contributed by atoms with E-state index < -0.39 is 0 Å². The van der Waals surface area contributed by atoms with Crippen LogP contribution in [-0.4, -0.2) is 34.1 Å². The van der Waals surface area contributed by atoms with Crippen LogP contribution < -0.4 is 15.8 Å². The van der Waals surface area contributed by atoms with Crippen LogP contribution in [0.1, 0.15) is 25.7 Å². The van der Waals surface area contributed by atoms with Crippen LogP contribution >= 0.6 is 0 Å². The molecule has 3 aromatic rings. The van der Waals surface area contributed by atoms with Crippen molar-refractivity contribution in [2.45, 2.75) is 37.8 Å². The van der Waals surface area contributed by atoms with E-state index >= 15 is 0 Å². The van der Waals surface area contributed by atoms with Gasteiger partial charge in [0, 0.05) is 41.6 Å². The highest BCUT2D eigenvalue weighted by atomic mass is 16.5. The Labute approximate surface area is 152 Å². The third-order valence-electron chi connectivity index (χ3n) is 5.00. The van der Waals surface area contributed by atoms with Gasteiger partial charge in [0.2, 0.25) is 5.95 Å². The molecule has 0 bridgehead atoms. The molecule has 1 saturated carbocycles. The molecule has 2 heterocycles. The Morgan fingerprint density at radius 3 is 2.88 bits per heavy atom. The van der Waals surface area contributed by atoms with E-state index in [4.69, 9.17) is 15.5 Å². The molecule has 3 N–H and O–H groups in total. The van der Waals surface area contributed by atoms with Gasteiger partial charge in [-0.3, -0.25) is 4.98 Å². The van der Waals surface area contributed by atoms with Gasteiger partial charge in [-0.2, -0.15) is 0 Å². The molecule has 4 rings (SSSR count). The highest BCUT2D eigenvalue weighted by Gasteiger charge is 2.22. The lowest BCUT2D eigenvalue weighted by atomic mass is 9.91. The second kappa shape index (κ2) is 7.25. The van der Waals surface area contributed by atoms with Crippen molar-refractivity contribution in [2.75, 3.05) is 12.4 Å². The molecule has 1 aromatic carbocycles. The number of aromatic nitrogens is 3. The number of pyridine rings is 1. The van der Waals surface area contributed by atoms with Gasteiger partial charge in [-0.15, -0.1) is 0 Å². The number of hydrogen-bond acceptors (Lipinski definition) is 6. The normalized spacial score (nSPS) is 20.1. The van der Waals surface area contributed by atoms with Gasteiger partial charge < -0.3 is 15.8 Å². The summed E-state index contributed by atoms with van der Waals surface area (Å²) in [6, 6.07) is 8.29. The lowest BCUT2D eigenvalue weighted by Gasteiger charge is -2.29. The van der Waals surface area contributed by atoms with E-state index in [1.54, 1.807) is 13.3 Å². The van der Waals surface area contributed by atoms with Crippen LogP contribution in [0, 0.1) is 0 Å². The molecule has 1 aliphatic carbocycles. The molecule has 6 nitrogen and oxygen atoms in total. The Balaban J connectivity index is 1.72. The summed E-state index contributed by atoms with van der Waals surface area (Å²) in [5.74, 6) is 1.43. The van der Waals surface area contributed by atoms with Gasteiger partial charge in [-0.25, -0.2) is 9.97 Å². The fourth-order valence-electron chi connectivity index (χ4n) is 3.53. The number of ether oxygens (including phenoxy) is 1. The van der Waals surface area contributed by atoms with Crippen LogP contribution in [0.2, 0.25) is 0 Å². The zero-order chi connectivity index (χ0) is 17.9. The van der Waals surface area contributed by atoms with E-state index in [1.165, 1.54) is 12.8 Å². The van der Waals surface area contributed by atoms with Crippen molar-refractivity contribution >= 4 is 16.9 Å². The minimum atomic E-state index is 0.151. The first-order chi connectivity index (χ1) is 12.7. The first kappa shape index (κ1) is 16.7. The number of hydrogen-bond donors (Lipinski definition) is 2. The number of nitrogens with zero attached hydrogens (tertiary/aromatic N) is 3. The second-order valence-electron chi connectivity index (χ2n) is 6.75. The molecule has 1 aliphatic rings. The number of fused-ring (bicyclic) bond motifs is 1. The summed E-state index contributed by atoms with van der Waals surface area (Å²) in [5.41, 5.74) is 9.09. The van der Waals surface area contributed by atoms with Gasteiger partial charge >= 0.3 is 0 Å². The molecule has 0 radical (unpaired) electrons. The third-order valence-corrected chi connectivity index (χ3v) is 5.00. The van der Waals surface area contributed by atoms with Crippen LogP contribution in [0.4, 0.5) is 5.95 Å². The van der Waals surface area contributed by atoms with E-state index in [9.17, 15) is 0 Å². The Morgan fingerprint density at radius 2 is 2.04 bits per heavy atom. The Hall–Kier alpha value is -2.73. The van der Waals surface area contributed by atoms with Crippen molar-refractivity contribution in [3.05, 3.63) is 42.9 Å². The second-order valence-corrected chi connectivity index (χ2v) is 6.75. The Kier molecular flexibility index (Phi) is 4.67. The number of anilines is 1. The van der Waals surface area contributed by atoms with E-state index in [2.05, 4.69) is 15.3 Å². The number of methoxy groups -OCH3 is 1. The van der Waals surface area contributed by atoms with Crippen LogP contribution in [0.3, 0.4) is 0 Å². The molecule has 0 unspecified atom stereocenters. The first-order valence-electron chi connectivity index (χ1n) is 9.02. The molecule has 0 saturated heterocycles. The average molecular weight is 349 g/mol. The molecule has 2 atom stereocenters. The minimum absolute atomic E-state index is 0.151. The quantitative estimate of drug-likeness (QED) is 0.751. The zero-order valence-corrected chi connectivity index (χ0v) is 14.9. The smallest absolute Gasteiger partial charge is 0.223 e. The van der Waals surface area contributed by atoms with Gasteiger partial charge in [0.1, 0.15) is 5.75 Å². The zero-order valence-electron chi connectivity index (χ0n) is 14.9. The van der Waals surface area contributed by atoms with Gasteiger partial charge in [0.15, 0.2) is 0 Å². The topological polar surface area (TPSA) is 86.0 Å². The molecule has 6 heteroatoms. The van der Waals surface area contributed by atoms with Gasteiger partial charge in [-0.1, -0.05) is 25.0 Å². The maximum Gasteiger partial charge on any atom is 0.223 e. The summed E-state index contributed by atoms with van der Waals surface area (Å²) in [6.07, 6.45) is 9.93. The van der Waals surface area contributed by atoms with Crippen LogP contribution in [0.5, 0.6) is 5.75 Å². The molecule has 0 aliphatic heterocycles. The molecule has 134 valence electrons. The fourth-order valence-corrected chi connectivity index (χ4v) is 3.53. The highest BCUT2D eigenvalue weighted by Crippen LogP contribution is 2.29. The lowest BCUT2D eigenvalue weighted by Crippen LogP contribution is -2.42. The number of nitrogens with one attached hydrogen (secondary N) is 1. The SMILES string of the molecule is COc1cccc(-c2cncc3cnc(N[C@@H]4CCCC[C@@H]4N)nc23)c1. The Morgan fingerprint density at radius 1 is 1.15 bits per heavy atom. The number of nitrogens with two attached hydrogens (primary N) is 1. The molecule has 0 amide bonds. The largest absolute Gasteiger partial charge is 0.497 e. The summed E-state index contributed by atoms with van der Waals surface area (Å²) in [5, 5.41) is 4.34. The average Bonchev–Trinajstić information content (AvgIpc) is 2.69. The summed E-state index contributed by atoms with van der Waals surface area (Å²) in [6.45, 7) is 0. The molecular weight excluding hydrogens is 326 g/mol. The van der Waals surface area contributed by atoms with Crippen LogP contribution in [0.25, 0.3) is 22.0 Å². The van der Waals surface area contributed by atoms with Crippen molar-refractivity contribution < 1.29 is 4.74 Å². The van der Waals surface area contributed by atoms with E-state index in [0.717, 1.165) is 40.6 Å². The predicted molar refractivity (Wildman–Crippen MR) is 103 cm³/mol. The van der Waals surface area contributed by atoms with E-state index in [1.807, 2.05) is 36.7 Å². The Bertz CT molecular complexity index is 914. The minimum Gasteiger partial charge on any atom is -0.497 e. The number of rotatable bonds is 4. The van der Waals surface area contributed by atoms with Crippen molar-refractivity contribution in [1.82, 2.24) is 15.0 Å². The molecule has 1 fully saturated rings. The number of benzene rings is 1. The van der Waals surface area contributed by atoms with Crippen molar-refractivity contribution in [3.63, 3.8) is 0 Å². The van der Waals surface area contributed by atoms with Crippen LogP contribution in [-0.2, 0) is 0 Å². The standard InChI is InChI=1S/C20H23N5O/c1-26-15-6-4-5-13(9-15)16-12-22-10-14-11-23-20(25-19(14)16)24-18-8-3-2-7-17(18)21/h4-6,9-12,17-18H,2-3,7-8,21H2,1H3,(H,23,24,25)/t17-,18+/m0/s1. The van der Waals surface area contributed by atoms with Crippen LogP contribution in [0.15, 0.2) is 42.9 Å². The van der Waals surface area contributed by atoms with E-state index in [-0.39, 0.29) is 12.1 Å². The van der Waals surface area contributed by atoms with Gasteiger partial charge in [-0.05, 0) is 30.5 Å². The maximum atomic E-state index is 6.25. The van der Waals surface area contributed by atoms with Gasteiger partial charge in [0.25, 0.3) is 0 Å². The molecular formula is C20H23N5O. The first-order valence-corrected chi connectivity index (χ1v) is 9.02. The highest BCUT2D eigenvalue weighted by molar-refractivity contribution is 5.92. The summed E-state index contributed by atoms with van der Waals surface area (Å²) in [4.78, 5) is 13.6. The van der Waals surface area contributed by atoms with Gasteiger partial charge in [0.05, 0.1) is 12.6 Å². The monoisotopic (exact) mass is 349 g/mol. The van der Waals surface area contributed by atoms with Crippen molar-refractivity contribution in [3.8, 4) is 16.9 Å². The van der Waals surface area contributed by atoms with Crippen molar-refractivity contribution in [1.29, 1.82) is 0 Å². The third kappa shape index (κ3) is 3.32. The van der Waals surface area contributed by atoms with E-state index in [0.29, 0.717) is 5.95 Å². The summed E-state index contributed by atoms with van der Waals surface area (Å²) >= 11 is 0. The molecule has 26 heavy (non-hydrogen) atoms. The predicted octanol–water partition coefficient (Wildman–Crippen LogP) is 3.38. The molecule has 0 spiro atoms. The summed E-state index contributed by atoms with van der Waals surface area (Å²) < 4.78 is 5.35. The lowest BCUT2D eigenvalue weighted by molar-refractivity contribution is 0.402. The van der Waals surface area contributed by atoms with Crippen molar-refractivity contribution in [2.24, 2.45) is 5.73 Å². The summed E-state index contributed by atoms with van der Waals surface area (Å²) in [7, 11) is 1.66. The molecule has 2 aromatic heterocycles. The maximum absolute atomic E-state index is 6.25. The fraction of sp³-hybridized carbons (Fsp3) is 0.350.